The summed E-state index contributed by atoms with van der Waals surface area (Å²) in [4.78, 5) is 11.1. The first-order chi connectivity index (χ1) is 10.8. The number of carbonyl (C=O) groups excluding carboxylic acids is 1. The third kappa shape index (κ3) is 3.81. The van der Waals surface area contributed by atoms with Crippen LogP contribution in [0.4, 0.5) is 11.4 Å². The molecule has 0 saturated heterocycles. The van der Waals surface area contributed by atoms with Crippen molar-refractivity contribution in [2.75, 3.05) is 23.8 Å². The first-order valence-electron chi connectivity index (χ1n) is 6.85. The number of benzene rings is 2. The largest absolute Gasteiger partial charge is 0.497 e. The van der Waals surface area contributed by atoms with Crippen LogP contribution in [0.5, 0.6) is 5.75 Å². The molecule has 0 aliphatic heterocycles. The summed E-state index contributed by atoms with van der Waals surface area (Å²) in [6, 6.07) is 12.8. The maximum atomic E-state index is 12.6. The molecule has 0 heterocycles. The molecule has 0 aromatic heterocycles. The highest BCUT2D eigenvalue weighted by Gasteiger charge is 2.21. The van der Waals surface area contributed by atoms with Crippen LogP contribution in [0.2, 0.25) is 0 Å². The highest BCUT2D eigenvalue weighted by Crippen LogP contribution is 2.25. The van der Waals surface area contributed by atoms with E-state index in [2.05, 4.69) is 5.32 Å². The number of carbonyl (C=O) groups is 1. The minimum absolute atomic E-state index is 0.143. The molecule has 0 aliphatic carbocycles. The molecule has 0 aliphatic rings. The Hall–Kier alpha value is -2.54. The molecule has 1 amide bonds. The zero-order valence-electron chi connectivity index (χ0n) is 13.1. The number of ether oxygens (including phenoxy) is 1. The highest BCUT2D eigenvalue weighted by atomic mass is 32.2. The number of nitrogens with one attached hydrogen (secondary N) is 1. The van der Waals surface area contributed by atoms with Crippen LogP contribution in [0.25, 0.3) is 0 Å². The minimum atomic E-state index is -3.68. The van der Waals surface area contributed by atoms with Gasteiger partial charge in [-0.1, -0.05) is 0 Å². The number of anilines is 2. The summed E-state index contributed by atoms with van der Waals surface area (Å²) in [5.74, 6) is 0.440. The van der Waals surface area contributed by atoms with E-state index in [1.165, 1.54) is 30.4 Å². The number of nitrogens with zero attached hydrogens (tertiary/aromatic N) is 1. The lowest BCUT2D eigenvalue weighted by atomic mass is 10.3. The Kier molecular flexibility index (Phi) is 4.90. The lowest BCUT2D eigenvalue weighted by molar-refractivity contribution is -0.114. The van der Waals surface area contributed by atoms with Crippen LogP contribution in [0.3, 0.4) is 0 Å². The molecular weight excluding hydrogens is 316 g/mol. The third-order valence-electron chi connectivity index (χ3n) is 3.27. The van der Waals surface area contributed by atoms with Gasteiger partial charge in [0.2, 0.25) is 5.91 Å². The lowest BCUT2D eigenvalue weighted by Gasteiger charge is -2.20. The van der Waals surface area contributed by atoms with E-state index in [4.69, 9.17) is 4.74 Å². The molecule has 2 aromatic carbocycles. The summed E-state index contributed by atoms with van der Waals surface area (Å²) in [7, 11) is -0.644. The van der Waals surface area contributed by atoms with E-state index in [9.17, 15) is 13.2 Å². The number of hydrogen-bond acceptors (Lipinski definition) is 4. The molecule has 0 unspecified atom stereocenters. The molecule has 0 atom stereocenters. The van der Waals surface area contributed by atoms with Gasteiger partial charge in [-0.05, 0) is 48.5 Å². The number of amides is 1. The first-order valence-corrected chi connectivity index (χ1v) is 8.29. The van der Waals surface area contributed by atoms with E-state index in [-0.39, 0.29) is 10.8 Å². The smallest absolute Gasteiger partial charge is 0.264 e. The van der Waals surface area contributed by atoms with Crippen molar-refractivity contribution in [1.29, 1.82) is 0 Å². The average Bonchev–Trinajstić information content (AvgIpc) is 2.54. The van der Waals surface area contributed by atoms with Crippen molar-refractivity contribution in [2.24, 2.45) is 0 Å². The zero-order chi connectivity index (χ0) is 17.0. The standard InChI is InChI=1S/C16H18N2O4S/c1-12(19)17-13-4-10-16(11-5-13)23(20,21)18(2)14-6-8-15(22-3)9-7-14/h4-11H,1-3H3,(H,17,19). The van der Waals surface area contributed by atoms with E-state index in [0.717, 1.165) is 0 Å². The average molecular weight is 334 g/mol. The first kappa shape index (κ1) is 16.8. The summed E-state index contributed by atoms with van der Waals surface area (Å²) < 4.78 is 31.5. The molecule has 0 spiro atoms. The van der Waals surface area contributed by atoms with Gasteiger partial charge in [-0.25, -0.2) is 8.42 Å². The Labute approximate surface area is 135 Å². The van der Waals surface area contributed by atoms with Crippen LogP contribution in [0.15, 0.2) is 53.4 Å². The molecule has 23 heavy (non-hydrogen) atoms. The number of hydrogen-bond donors (Lipinski definition) is 1. The van der Waals surface area contributed by atoms with Gasteiger partial charge >= 0.3 is 0 Å². The highest BCUT2D eigenvalue weighted by molar-refractivity contribution is 7.92. The van der Waals surface area contributed by atoms with Crippen LogP contribution >= 0.6 is 0 Å². The van der Waals surface area contributed by atoms with Crippen molar-refractivity contribution in [3.05, 3.63) is 48.5 Å². The van der Waals surface area contributed by atoms with E-state index < -0.39 is 10.0 Å². The summed E-state index contributed by atoms with van der Waals surface area (Å²) in [5.41, 5.74) is 1.07. The Balaban J connectivity index is 2.27. The van der Waals surface area contributed by atoms with Crippen LogP contribution in [0, 0.1) is 0 Å². The van der Waals surface area contributed by atoms with Crippen LogP contribution in [-0.2, 0) is 14.8 Å². The molecule has 122 valence electrons. The molecular formula is C16H18N2O4S. The molecule has 0 bridgehead atoms. The fourth-order valence-electron chi connectivity index (χ4n) is 2.00. The van der Waals surface area contributed by atoms with Gasteiger partial charge in [0.05, 0.1) is 17.7 Å². The summed E-state index contributed by atoms with van der Waals surface area (Å²) >= 11 is 0. The molecule has 0 saturated carbocycles. The van der Waals surface area contributed by atoms with Gasteiger partial charge in [0.25, 0.3) is 10.0 Å². The predicted molar refractivity (Wildman–Crippen MR) is 89.3 cm³/mol. The Morgan fingerprint density at radius 3 is 2.09 bits per heavy atom. The molecule has 0 radical (unpaired) electrons. The Morgan fingerprint density at radius 1 is 1.04 bits per heavy atom. The second kappa shape index (κ2) is 6.70. The van der Waals surface area contributed by atoms with E-state index in [1.807, 2.05) is 0 Å². The van der Waals surface area contributed by atoms with Crippen molar-refractivity contribution in [1.82, 2.24) is 0 Å². The Morgan fingerprint density at radius 2 is 1.61 bits per heavy atom. The SMILES string of the molecule is COc1ccc(N(C)S(=O)(=O)c2ccc(NC(C)=O)cc2)cc1. The van der Waals surface area contributed by atoms with Crippen molar-refractivity contribution in [3.8, 4) is 5.75 Å². The maximum absolute atomic E-state index is 12.6. The molecule has 6 nitrogen and oxygen atoms in total. The van der Waals surface area contributed by atoms with Gasteiger partial charge < -0.3 is 10.1 Å². The third-order valence-corrected chi connectivity index (χ3v) is 5.07. The number of sulfonamides is 1. The van der Waals surface area contributed by atoms with Crippen molar-refractivity contribution in [3.63, 3.8) is 0 Å². The number of methoxy groups -OCH3 is 1. The quantitative estimate of drug-likeness (QED) is 0.911. The fraction of sp³-hybridized carbons (Fsp3) is 0.188. The van der Waals surface area contributed by atoms with E-state index in [0.29, 0.717) is 17.1 Å². The molecule has 1 N–H and O–H groups in total. The Bertz CT molecular complexity index is 784. The maximum Gasteiger partial charge on any atom is 0.264 e. The van der Waals surface area contributed by atoms with E-state index in [1.54, 1.807) is 43.5 Å². The monoisotopic (exact) mass is 334 g/mol. The van der Waals surface area contributed by atoms with Gasteiger partial charge in [-0.3, -0.25) is 9.10 Å². The predicted octanol–water partition coefficient (Wildman–Crippen LogP) is 2.48. The van der Waals surface area contributed by atoms with Crippen LogP contribution in [0.1, 0.15) is 6.92 Å². The van der Waals surface area contributed by atoms with E-state index >= 15 is 0 Å². The summed E-state index contributed by atoms with van der Waals surface area (Å²) in [6.45, 7) is 1.39. The van der Waals surface area contributed by atoms with Crippen molar-refractivity contribution < 1.29 is 17.9 Å². The second-order valence-corrected chi connectivity index (χ2v) is 6.85. The second-order valence-electron chi connectivity index (χ2n) is 4.88. The summed E-state index contributed by atoms with van der Waals surface area (Å²) in [6.07, 6.45) is 0. The zero-order valence-corrected chi connectivity index (χ0v) is 13.9. The van der Waals surface area contributed by atoms with Crippen LogP contribution in [-0.4, -0.2) is 28.5 Å². The van der Waals surface area contributed by atoms with Gasteiger partial charge in [-0.15, -0.1) is 0 Å². The molecule has 2 rings (SSSR count). The number of rotatable bonds is 5. The molecule has 0 fully saturated rings. The molecule has 2 aromatic rings. The lowest BCUT2D eigenvalue weighted by Crippen LogP contribution is -2.26. The van der Waals surface area contributed by atoms with Gasteiger partial charge in [0.15, 0.2) is 0 Å². The van der Waals surface area contributed by atoms with Crippen molar-refractivity contribution in [2.45, 2.75) is 11.8 Å². The fourth-order valence-corrected chi connectivity index (χ4v) is 3.20. The topological polar surface area (TPSA) is 75.7 Å². The van der Waals surface area contributed by atoms with Crippen molar-refractivity contribution >= 4 is 27.3 Å². The summed E-state index contributed by atoms with van der Waals surface area (Å²) in [5, 5.41) is 2.60. The van der Waals surface area contributed by atoms with Gasteiger partial charge in [0.1, 0.15) is 5.75 Å². The van der Waals surface area contributed by atoms with Crippen LogP contribution < -0.4 is 14.4 Å². The normalized spacial score (nSPS) is 10.9. The van der Waals surface area contributed by atoms with Gasteiger partial charge in [0, 0.05) is 19.7 Å². The van der Waals surface area contributed by atoms with Gasteiger partial charge in [-0.2, -0.15) is 0 Å². The molecule has 7 heteroatoms. The minimum Gasteiger partial charge on any atom is -0.497 e.